The summed E-state index contributed by atoms with van der Waals surface area (Å²) in [7, 11) is 0. The summed E-state index contributed by atoms with van der Waals surface area (Å²) in [6, 6.07) is 9.10. The second-order valence-electron chi connectivity index (χ2n) is 6.21. The van der Waals surface area contributed by atoms with Crippen molar-refractivity contribution in [3.05, 3.63) is 35.4 Å². The zero-order chi connectivity index (χ0) is 13.1. The fraction of sp³-hybridized carbons (Fsp3) is 0.625. The van der Waals surface area contributed by atoms with Crippen LogP contribution < -0.4 is 0 Å². The molecule has 0 saturated heterocycles. The molecule has 0 aliphatic carbocycles. The molecule has 1 rings (SSSR count). The van der Waals surface area contributed by atoms with Crippen molar-refractivity contribution >= 4 is 15.9 Å². The van der Waals surface area contributed by atoms with Crippen molar-refractivity contribution < 1.29 is 0 Å². The van der Waals surface area contributed by atoms with Crippen LogP contribution in [0, 0.1) is 5.41 Å². The van der Waals surface area contributed by atoms with Crippen LogP contribution >= 0.6 is 15.9 Å². The molecule has 1 heteroatoms. The van der Waals surface area contributed by atoms with Gasteiger partial charge in [-0.3, -0.25) is 0 Å². The number of alkyl halides is 1. The summed E-state index contributed by atoms with van der Waals surface area (Å²) in [5.41, 5.74) is 3.21. The molecule has 2 atom stereocenters. The Morgan fingerprint density at radius 3 is 1.94 bits per heavy atom. The predicted molar refractivity (Wildman–Crippen MR) is 80.9 cm³/mol. The van der Waals surface area contributed by atoms with E-state index in [-0.39, 0.29) is 0 Å². The van der Waals surface area contributed by atoms with Gasteiger partial charge in [0.2, 0.25) is 0 Å². The van der Waals surface area contributed by atoms with Crippen LogP contribution in [-0.2, 0) is 0 Å². The highest BCUT2D eigenvalue weighted by molar-refractivity contribution is 9.09. The molecule has 1 aromatic carbocycles. The van der Waals surface area contributed by atoms with Gasteiger partial charge in [-0.2, -0.15) is 0 Å². The molecule has 0 aliphatic rings. The number of hydrogen-bond donors (Lipinski definition) is 0. The summed E-state index contributed by atoms with van der Waals surface area (Å²) in [6.45, 7) is 11.4. The molecule has 0 N–H and O–H groups in total. The smallest absolute Gasteiger partial charge is 0.0400 e. The van der Waals surface area contributed by atoms with Crippen molar-refractivity contribution in [2.75, 3.05) is 0 Å². The van der Waals surface area contributed by atoms with E-state index in [9.17, 15) is 0 Å². The highest BCUT2D eigenvalue weighted by Gasteiger charge is 2.17. The van der Waals surface area contributed by atoms with Gasteiger partial charge in [0.05, 0.1) is 0 Å². The first-order valence-corrected chi connectivity index (χ1v) is 7.49. The third-order valence-electron chi connectivity index (χ3n) is 3.27. The summed E-state index contributed by atoms with van der Waals surface area (Å²) in [5, 5.41) is 0. The minimum absolute atomic E-state index is 0.365. The van der Waals surface area contributed by atoms with Crippen molar-refractivity contribution in [2.45, 2.75) is 58.2 Å². The first-order chi connectivity index (χ1) is 7.83. The van der Waals surface area contributed by atoms with Crippen molar-refractivity contribution in [1.29, 1.82) is 0 Å². The average Bonchev–Trinajstić information content (AvgIpc) is 2.26. The summed E-state index contributed by atoms with van der Waals surface area (Å²) in [6.07, 6.45) is 2.37. The lowest BCUT2D eigenvalue weighted by Crippen LogP contribution is -2.08. The van der Waals surface area contributed by atoms with E-state index in [4.69, 9.17) is 0 Å². The molecule has 0 heterocycles. The summed E-state index contributed by atoms with van der Waals surface area (Å²) < 4.78 is 0. The van der Waals surface area contributed by atoms with Gasteiger partial charge in [-0.1, -0.05) is 74.8 Å². The van der Waals surface area contributed by atoms with Crippen molar-refractivity contribution in [3.63, 3.8) is 0 Å². The number of halogens is 1. The molecule has 96 valence electrons. The molecule has 0 saturated carbocycles. The van der Waals surface area contributed by atoms with Gasteiger partial charge < -0.3 is 0 Å². The van der Waals surface area contributed by atoms with Gasteiger partial charge in [0.25, 0.3) is 0 Å². The van der Waals surface area contributed by atoms with Gasteiger partial charge in [0, 0.05) is 4.83 Å². The van der Waals surface area contributed by atoms with E-state index in [2.05, 4.69) is 74.8 Å². The molecule has 0 aromatic heterocycles. The number of hydrogen-bond acceptors (Lipinski definition) is 0. The predicted octanol–water partition coefficient (Wildman–Crippen LogP) is 6.07. The third kappa shape index (κ3) is 4.83. The van der Waals surface area contributed by atoms with Gasteiger partial charge in [0.1, 0.15) is 0 Å². The van der Waals surface area contributed by atoms with Crippen molar-refractivity contribution in [2.24, 2.45) is 5.41 Å². The van der Waals surface area contributed by atoms with Gasteiger partial charge >= 0.3 is 0 Å². The zero-order valence-corrected chi connectivity index (χ0v) is 13.3. The maximum atomic E-state index is 3.80. The van der Waals surface area contributed by atoms with Gasteiger partial charge in [-0.25, -0.2) is 0 Å². The largest absolute Gasteiger partial charge is 0.0839 e. The average molecular weight is 297 g/mol. The second kappa shape index (κ2) is 6.04. The molecular formula is C16H25Br. The molecule has 0 radical (unpaired) electrons. The Labute approximate surface area is 115 Å². The number of rotatable bonds is 4. The molecule has 0 nitrogen and oxygen atoms in total. The first-order valence-electron chi connectivity index (χ1n) is 6.57. The van der Waals surface area contributed by atoms with Gasteiger partial charge in [-0.05, 0) is 35.3 Å². The normalized spacial score (nSPS) is 15.6. The lowest BCUT2D eigenvalue weighted by atomic mass is 9.88. The highest BCUT2D eigenvalue weighted by atomic mass is 79.9. The quantitative estimate of drug-likeness (QED) is 0.591. The van der Waals surface area contributed by atoms with Gasteiger partial charge in [0.15, 0.2) is 0 Å². The van der Waals surface area contributed by atoms with Gasteiger partial charge in [-0.15, -0.1) is 0 Å². The Kier molecular flexibility index (Phi) is 5.24. The maximum absolute atomic E-state index is 3.80. The van der Waals surface area contributed by atoms with Crippen LogP contribution in [0.4, 0.5) is 0 Å². The SMILES string of the molecule is CCC(C)c1ccc(C(Br)CC(C)(C)C)cc1. The van der Waals surface area contributed by atoms with Crippen LogP contribution in [0.15, 0.2) is 24.3 Å². The molecular weight excluding hydrogens is 272 g/mol. The van der Waals surface area contributed by atoms with E-state index in [1.807, 2.05) is 0 Å². The second-order valence-corrected chi connectivity index (χ2v) is 7.31. The standard InChI is InChI=1S/C16H25Br/c1-6-12(2)13-7-9-14(10-8-13)15(17)11-16(3,4)5/h7-10,12,15H,6,11H2,1-5H3. The van der Waals surface area contributed by atoms with E-state index >= 15 is 0 Å². The van der Waals surface area contributed by atoms with Crippen LogP contribution in [0.2, 0.25) is 0 Å². The van der Waals surface area contributed by atoms with Crippen molar-refractivity contribution in [3.8, 4) is 0 Å². The summed E-state index contributed by atoms with van der Waals surface area (Å²) in [4.78, 5) is 0.466. The van der Waals surface area contributed by atoms with E-state index in [1.54, 1.807) is 0 Å². The minimum Gasteiger partial charge on any atom is -0.0839 e. The Hall–Kier alpha value is -0.300. The summed E-state index contributed by atoms with van der Waals surface area (Å²) >= 11 is 3.80. The van der Waals surface area contributed by atoms with Crippen LogP contribution in [0.5, 0.6) is 0 Å². The molecule has 0 aliphatic heterocycles. The monoisotopic (exact) mass is 296 g/mol. The van der Waals surface area contributed by atoms with Crippen LogP contribution in [0.3, 0.4) is 0 Å². The molecule has 1 aromatic rings. The lowest BCUT2D eigenvalue weighted by Gasteiger charge is -2.22. The summed E-state index contributed by atoms with van der Waals surface area (Å²) in [5.74, 6) is 0.667. The fourth-order valence-electron chi connectivity index (χ4n) is 1.92. The van der Waals surface area contributed by atoms with Crippen LogP contribution in [-0.4, -0.2) is 0 Å². The molecule has 2 unspecified atom stereocenters. The van der Waals surface area contributed by atoms with Crippen LogP contribution in [0.1, 0.15) is 69.3 Å². The Bertz CT molecular complexity index is 332. The Balaban J connectivity index is 2.74. The Morgan fingerprint density at radius 2 is 1.53 bits per heavy atom. The first kappa shape index (κ1) is 14.8. The fourth-order valence-corrected chi connectivity index (χ4v) is 3.20. The number of benzene rings is 1. The topological polar surface area (TPSA) is 0 Å². The van der Waals surface area contributed by atoms with E-state index in [1.165, 1.54) is 17.5 Å². The lowest BCUT2D eigenvalue weighted by molar-refractivity contribution is 0.377. The Morgan fingerprint density at radius 1 is 1.06 bits per heavy atom. The third-order valence-corrected chi connectivity index (χ3v) is 4.12. The molecule has 0 bridgehead atoms. The molecule has 17 heavy (non-hydrogen) atoms. The zero-order valence-electron chi connectivity index (χ0n) is 11.8. The van der Waals surface area contributed by atoms with E-state index in [0.29, 0.717) is 16.2 Å². The van der Waals surface area contributed by atoms with Crippen LogP contribution in [0.25, 0.3) is 0 Å². The van der Waals surface area contributed by atoms with E-state index in [0.717, 1.165) is 6.42 Å². The maximum Gasteiger partial charge on any atom is 0.0400 e. The highest BCUT2D eigenvalue weighted by Crippen LogP contribution is 2.35. The minimum atomic E-state index is 0.365. The molecule has 0 fully saturated rings. The van der Waals surface area contributed by atoms with Crippen molar-refractivity contribution in [1.82, 2.24) is 0 Å². The van der Waals surface area contributed by atoms with E-state index < -0.39 is 0 Å². The molecule has 0 spiro atoms. The molecule has 0 amide bonds.